The Balaban J connectivity index is 1.41. The van der Waals surface area contributed by atoms with Crippen LogP contribution in [-0.4, -0.2) is 58.2 Å². The number of carbonyl (C=O) groups excluding carboxylic acids is 1. The highest BCUT2D eigenvalue weighted by Crippen LogP contribution is 2.43. The van der Waals surface area contributed by atoms with Gasteiger partial charge in [-0.1, -0.05) is 36.6 Å². The van der Waals surface area contributed by atoms with Crippen molar-refractivity contribution in [3.63, 3.8) is 0 Å². The van der Waals surface area contributed by atoms with E-state index in [1.807, 2.05) is 19.1 Å². The van der Waals surface area contributed by atoms with Crippen LogP contribution in [0.5, 0.6) is 0 Å². The molecule has 0 radical (unpaired) electrons. The first-order valence-corrected chi connectivity index (χ1v) is 11.6. The van der Waals surface area contributed by atoms with E-state index >= 15 is 0 Å². The zero-order valence-electron chi connectivity index (χ0n) is 18.2. The quantitative estimate of drug-likeness (QED) is 0.716. The summed E-state index contributed by atoms with van der Waals surface area (Å²) >= 11 is 6.11. The van der Waals surface area contributed by atoms with Gasteiger partial charge in [0.25, 0.3) is 0 Å². The van der Waals surface area contributed by atoms with Crippen molar-refractivity contribution in [1.82, 2.24) is 19.6 Å². The molecule has 2 aromatic rings. The Labute approximate surface area is 185 Å². The van der Waals surface area contributed by atoms with Crippen molar-refractivity contribution in [2.24, 2.45) is 0 Å². The van der Waals surface area contributed by atoms with Gasteiger partial charge in [0, 0.05) is 36.9 Å². The summed E-state index contributed by atoms with van der Waals surface area (Å²) in [7, 11) is 0. The molecule has 5 nitrogen and oxygen atoms in total. The maximum absolute atomic E-state index is 13.8. The van der Waals surface area contributed by atoms with Crippen molar-refractivity contribution in [3.05, 3.63) is 52.3 Å². The third kappa shape index (κ3) is 4.42. The number of aryl methyl sites for hydroxylation is 2. The number of nitrogens with zero attached hydrogens (tertiary/aromatic N) is 4. The molecule has 1 amide bonds. The van der Waals surface area contributed by atoms with Crippen LogP contribution < -0.4 is 0 Å². The molecule has 6 heteroatoms. The molecule has 0 spiro atoms. The summed E-state index contributed by atoms with van der Waals surface area (Å²) in [5.41, 5.74) is 3.07. The minimum absolute atomic E-state index is 0.322. The van der Waals surface area contributed by atoms with E-state index in [0.29, 0.717) is 5.91 Å². The van der Waals surface area contributed by atoms with Gasteiger partial charge < -0.3 is 4.90 Å². The van der Waals surface area contributed by atoms with Gasteiger partial charge in [0.05, 0.1) is 17.7 Å². The number of carbonyl (C=O) groups is 1. The van der Waals surface area contributed by atoms with E-state index in [9.17, 15) is 4.79 Å². The van der Waals surface area contributed by atoms with Gasteiger partial charge in [-0.3, -0.25) is 14.4 Å². The van der Waals surface area contributed by atoms with Gasteiger partial charge in [-0.15, -0.1) is 0 Å². The van der Waals surface area contributed by atoms with E-state index in [2.05, 4.69) is 44.7 Å². The van der Waals surface area contributed by atoms with Crippen LogP contribution >= 0.6 is 11.6 Å². The molecule has 4 rings (SSSR count). The van der Waals surface area contributed by atoms with E-state index in [0.717, 1.165) is 87.7 Å². The normalized spacial score (nSPS) is 19.8. The highest BCUT2D eigenvalue weighted by Gasteiger charge is 2.45. The molecule has 1 aliphatic carbocycles. The molecule has 0 bridgehead atoms. The van der Waals surface area contributed by atoms with Crippen LogP contribution in [-0.2, 0) is 16.8 Å². The Morgan fingerprint density at radius 3 is 2.40 bits per heavy atom. The third-order valence-electron chi connectivity index (χ3n) is 6.87. The van der Waals surface area contributed by atoms with Crippen LogP contribution in [0, 0.1) is 13.8 Å². The summed E-state index contributed by atoms with van der Waals surface area (Å²) in [6.45, 7) is 9.67. The molecule has 1 aromatic carbocycles. The average molecular weight is 429 g/mol. The van der Waals surface area contributed by atoms with Crippen molar-refractivity contribution < 1.29 is 4.79 Å². The fourth-order valence-corrected chi connectivity index (χ4v) is 5.34. The molecule has 30 heavy (non-hydrogen) atoms. The van der Waals surface area contributed by atoms with Crippen molar-refractivity contribution in [3.8, 4) is 0 Å². The number of halogens is 1. The van der Waals surface area contributed by atoms with E-state index in [4.69, 9.17) is 11.6 Å². The number of rotatable bonds is 5. The molecule has 0 atom stereocenters. The summed E-state index contributed by atoms with van der Waals surface area (Å²) in [4.78, 5) is 18.4. The lowest BCUT2D eigenvalue weighted by Gasteiger charge is -2.34. The molecule has 2 aliphatic rings. The van der Waals surface area contributed by atoms with E-state index in [1.54, 1.807) is 0 Å². The Bertz CT molecular complexity index is 870. The van der Waals surface area contributed by atoms with Crippen molar-refractivity contribution >= 4 is 17.5 Å². The Kier molecular flexibility index (Phi) is 6.49. The van der Waals surface area contributed by atoms with Crippen LogP contribution in [0.1, 0.15) is 49.1 Å². The van der Waals surface area contributed by atoms with Crippen LogP contribution in [0.2, 0.25) is 5.02 Å². The molecule has 162 valence electrons. The second-order valence-electron chi connectivity index (χ2n) is 8.93. The number of benzene rings is 1. The number of hydrogen-bond donors (Lipinski definition) is 0. The van der Waals surface area contributed by atoms with Crippen LogP contribution in [0.3, 0.4) is 0 Å². The predicted octanol–water partition coefficient (Wildman–Crippen LogP) is 4.20. The molecule has 2 heterocycles. The first-order chi connectivity index (χ1) is 14.5. The van der Waals surface area contributed by atoms with E-state index in [1.165, 1.54) is 5.69 Å². The lowest BCUT2D eigenvalue weighted by atomic mass is 9.77. The first-order valence-electron chi connectivity index (χ1n) is 11.3. The van der Waals surface area contributed by atoms with E-state index < -0.39 is 0 Å². The van der Waals surface area contributed by atoms with Gasteiger partial charge in [-0.05, 0) is 63.4 Å². The molecular formula is C24H33ClN4O. The van der Waals surface area contributed by atoms with Crippen molar-refractivity contribution in [1.29, 1.82) is 0 Å². The summed E-state index contributed by atoms with van der Waals surface area (Å²) in [5.74, 6) is 0.322. The lowest BCUT2D eigenvalue weighted by molar-refractivity contribution is -0.137. The molecule has 0 N–H and O–H groups in total. The van der Waals surface area contributed by atoms with Crippen molar-refractivity contribution in [2.45, 2.75) is 57.9 Å². The Morgan fingerprint density at radius 2 is 1.73 bits per heavy atom. The monoisotopic (exact) mass is 428 g/mol. The van der Waals surface area contributed by atoms with Crippen LogP contribution in [0.4, 0.5) is 0 Å². The van der Waals surface area contributed by atoms with Crippen molar-refractivity contribution in [2.75, 3.05) is 32.7 Å². The average Bonchev–Trinajstić information content (AvgIpc) is 3.27. The maximum Gasteiger partial charge on any atom is 0.233 e. The predicted molar refractivity (Wildman–Crippen MR) is 121 cm³/mol. The van der Waals surface area contributed by atoms with Gasteiger partial charge in [0.15, 0.2) is 0 Å². The highest BCUT2D eigenvalue weighted by atomic mass is 35.5. The molecular weight excluding hydrogens is 396 g/mol. The summed E-state index contributed by atoms with van der Waals surface area (Å²) in [6, 6.07) is 10.1. The van der Waals surface area contributed by atoms with Gasteiger partial charge in [-0.25, -0.2) is 0 Å². The molecule has 2 fully saturated rings. The van der Waals surface area contributed by atoms with Crippen LogP contribution in [0.25, 0.3) is 0 Å². The minimum atomic E-state index is -0.358. The number of aromatic nitrogens is 2. The Hall–Kier alpha value is -1.85. The summed E-state index contributed by atoms with van der Waals surface area (Å²) in [5, 5.41) is 5.31. The maximum atomic E-state index is 13.8. The fourth-order valence-electron chi connectivity index (χ4n) is 5.21. The SMILES string of the molecule is Cc1cc(C)n(CCN2CCCN(C(=O)C3(c4ccc(Cl)cc4)CCCC3)CC2)n1. The minimum Gasteiger partial charge on any atom is -0.341 e. The summed E-state index contributed by atoms with van der Waals surface area (Å²) in [6.07, 6.45) is 5.17. The molecule has 0 unspecified atom stereocenters. The standard InChI is InChI=1S/C24H33ClN4O/c1-19-18-20(2)29(26-19)17-15-27-12-5-13-28(16-14-27)23(30)24(10-3-4-11-24)21-6-8-22(25)9-7-21/h6-9,18H,3-5,10-17H2,1-2H3. The summed E-state index contributed by atoms with van der Waals surface area (Å²) < 4.78 is 2.09. The molecule has 1 saturated heterocycles. The number of amides is 1. The highest BCUT2D eigenvalue weighted by molar-refractivity contribution is 6.30. The Morgan fingerprint density at radius 1 is 1.00 bits per heavy atom. The zero-order valence-corrected chi connectivity index (χ0v) is 19.0. The second-order valence-corrected chi connectivity index (χ2v) is 9.37. The van der Waals surface area contributed by atoms with Gasteiger partial charge >= 0.3 is 0 Å². The van der Waals surface area contributed by atoms with Gasteiger partial charge in [0.1, 0.15) is 0 Å². The zero-order chi connectivity index (χ0) is 21.1. The molecule has 1 aromatic heterocycles. The largest absolute Gasteiger partial charge is 0.341 e. The second kappa shape index (κ2) is 9.11. The topological polar surface area (TPSA) is 41.4 Å². The van der Waals surface area contributed by atoms with Gasteiger partial charge in [0.2, 0.25) is 5.91 Å². The first kappa shape index (κ1) is 21.4. The smallest absolute Gasteiger partial charge is 0.233 e. The molecule has 1 aliphatic heterocycles. The molecule has 1 saturated carbocycles. The van der Waals surface area contributed by atoms with Crippen LogP contribution in [0.15, 0.2) is 30.3 Å². The number of hydrogen-bond acceptors (Lipinski definition) is 3. The fraction of sp³-hybridized carbons (Fsp3) is 0.583. The van der Waals surface area contributed by atoms with Gasteiger partial charge in [-0.2, -0.15) is 5.10 Å². The van der Waals surface area contributed by atoms with E-state index in [-0.39, 0.29) is 5.41 Å². The lowest BCUT2D eigenvalue weighted by Crippen LogP contribution is -2.47. The third-order valence-corrected chi connectivity index (χ3v) is 7.12.